The Hall–Kier alpha value is -1.13. The van der Waals surface area contributed by atoms with Crippen molar-refractivity contribution >= 4 is 21.6 Å². The lowest BCUT2D eigenvalue weighted by molar-refractivity contribution is 0.220. The molecule has 0 aliphatic carbocycles. The van der Waals surface area contributed by atoms with Crippen molar-refractivity contribution in [2.24, 2.45) is 5.92 Å². The highest BCUT2D eigenvalue weighted by molar-refractivity contribution is 7.89. The molecule has 0 atom stereocenters. The van der Waals surface area contributed by atoms with E-state index < -0.39 is 10.0 Å². The van der Waals surface area contributed by atoms with Crippen molar-refractivity contribution in [1.82, 2.24) is 9.62 Å². The van der Waals surface area contributed by atoms with Crippen LogP contribution in [-0.4, -0.2) is 40.0 Å². The first-order valence-corrected chi connectivity index (χ1v) is 8.66. The Balaban J connectivity index is 2.07. The Morgan fingerprint density at radius 1 is 1.43 bits per heavy atom. The van der Waals surface area contributed by atoms with Gasteiger partial charge in [-0.25, -0.2) is 13.1 Å². The number of nitriles is 1. The number of rotatable bonds is 4. The van der Waals surface area contributed by atoms with Crippen LogP contribution in [-0.2, 0) is 10.0 Å². The fourth-order valence-corrected chi connectivity index (χ4v) is 3.99. The number of piperidine rings is 1. The van der Waals surface area contributed by atoms with Crippen molar-refractivity contribution in [3.05, 3.63) is 28.8 Å². The predicted molar refractivity (Wildman–Crippen MR) is 81.6 cm³/mol. The number of halogens is 1. The summed E-state index contributed by atoms with van der Waals surface area (Å²) in [5, 5.41) is 8.99. The monoisotopic (exact) mass is 327 g/mol. The molecular formula is C14H18ClN3O2S. The van der Waals surface area contributed by atoms with Gasteiger partial charge < -0.3 is 4.90 Å². The lowest BCUT2D eigenvalue weighted by atomic mass is 9.98. The molecule has 21 heavy (non-hydrogen) atoms. The van der Waals surface area contributed by atoms with E-state index in [-0.39, 0.29) is 15.5 Å². The maximum atomic E-state index is 12.3. The van der Waals surface area contributed by atoms with Crippen LogP contribution < -0.4 is 4.72 Å². The number of nitrogens with one attached hydrogen (secondary N) is 1. The van der Waals surface area contributed by atoms with Gasteiger partial charge in [0.15, 0.2) is 0 Å². The van der Waals surface area contributed by atoms with Gasteiger partial charge in [0.1, 0.15) is 4.90 Å². The summed E-state index contributed by atoms with van der Waals surface area (Å²) in [6, 6.07) is 6.16. The fourth-order valence-electron chi connectivity index (χ4n) is 2.35. The Kier molecular flexibility index (Phi) is 5.22. The Labute approximate surface area is 130 Å². The van der Waals surface area contributed by atoms with Crippen molar-refractivity contribution in [1.29, 1.82) is 5.26 Å². The first kappa shape index (κ1) is 16.2. The van der Waals surface area contributed by atoms with E-state index in [0.29, 0.717) is 12.5 Å². The molecule has 0 unspecified atom stereocenters. The number of hydrogen-bond donors (Lipinski definition) is 1. The SMILES string of the molecule is CN1CCC(CNS(=O)(=O)c2cc(C#N)ccc2Cl)CC1. The van der Waals surface area contributed by atoms with Crippen molar-refractivity contribution in [2.45, 2.75) is 17.7 Å². The second-order valence-corrected chi connectivity index (χ2v) is 7.50. The van der Waals surface area contributed by atoms with E-state index in [9.17, 15) is 8.42 Å². The van der Waals surface area contributed by atoms with Gasteiger partial charge in [0.05, 0.1) is 16.7 Å². The topological polar surface area (TPSA) is 73.2 Å². The van der Waals surface area contributed by atoms with Crippen LogP contribution in [0.25, 0.3) is 0 Å². The van der Waals surface area contributed by atoms with Crippen LogP contribution in [0.15, 0.2) is 23.1 Å². The third kappa shape index (κ3) is 4.17. The van der Waals surface area contributed by atoms with Gasteiger partial charge in [0.25, 0.3) is 0 Å². The van der Waals surface area contributed by atoms with Crippen LogP contribution >= 0.6 is 11.6 Å². The number of benzene rings is 1. The predicted octanol–water partition coefficient (Wildman–Crippen LogP) is 1.83. The van der Waals surface area contributed by atoms with Gasteiger partial charge in [0.2, 0.25) is 10.0 Å². The Morgan fingerprint density at radius 2 is 2.10 bits per heavy atom. The minimum absolute atomic E-state index is 0.0313. The minimum Gasteiger partial charge on any atom is -0.306 e. The van der Waals surface area contributed by atoms with Gasteiger partial charge in [-0.05, 0) is 57.1 Å². The van der Waals surface area contributed by atoms with E-state index in [4.69, 9.17) is 16.9 Å². The molecule has 114 valence electrons. The third-order valence-electron chi connectivity index (χ3n) is 3.75. The van der Waals surface area contributed by atoms with Gasteiger partial charge >= 0.3 is 0 Å². The molecule has 1 aliphatic rings. The second-order valence-electron chi connectivity index (χ2n) is 5.36. The minimum atomic E-state index is -3.68. The van der Waals surface area contributed by atoms with Crippen LogP contribution in [0.1, 0.15) is 18.4 Å². The average molecular weight is 328 g/mol. The molecule has 1 heterocycles. The molecule has 1 N–H and O–H groups in total. The largest absolute Gasteiger partial charge is 0.306 e. The smallest absolute Gasteiger partial charge is 0.242 e. The molecule has 0 spiro atoms. The molecule has 0 aromatic heterocycles. The zero-order valence-corrected chi connectivity index (χ0v) is 13.4. The highest BCUT2D eigenvalue weighted by Gasteiger charge is 2.22. The average Bonchev–Trinajstić information content (AvgIpc) is 2.47. The van der Waals surface area contributed by atoms with Crippen LogP contribution in [0.2, 0.25) is 5.02 Å². The van der Waals surface area contributed by atoms with Gasteiger partial charge in [-0.3, -0.25) is 0 Å². The summed E-state index contributed by atoms with van der Waals surface area (Å²) in [6.07, 6.45) is 1.95. The summed E-state index contributed by atoms with van der Waals surface area (Å²) in [6.45, 7) is 2.37. The quantitative estimate of drug-likeness (QED) is 0.915. The molecule has 2 rings (SSSR count). The second kappa shape index (κ2) is 6.75. The lowest BCUT2D eigenvalue weighted by Gasteiger charge is -2.28. The molecule has 1 saturated heterocycles. The molecular weight excluding hydrogens is 310 g/mol. The molecule has 5 nitrogen and oxygen atoms in total. The van der Waals surface area contributed by atoms with E-state index >= 15 is 0 Å². The molecule has 0 bridgehead atoms. The lowest BCUT2D eigenvalue weighted by Crippen LogP contribution is -2.36. The van der Waals surface area contributed by atoms with Crippen molar-refractivity contribution in [2.75, 3.05) is 26.7 Å². The van der Waals surface area contributed by atoms with E-state index in [2.05, 4.69) is 16.7 Å². The maximum absolute atomic E-state index is 12.3. The summed E-state index contributed by atoms with van der Waals surface area (Å²) in [5.41, 5.74) is 0.277. The van der Waals surface area contributed by atoms with Crippen LogP contribution in [0.5, 0.6) is 0 Å². The molecule has 0 radical (unpaired) electrons. The van der Waals surface area contributed by atoms with Crippen LogP contribution in [0, 0.1) is 17.2 Å². The number of nitrogens with zero attached hydrogens (tertiary/aromatic N) is 2. The zero-order valence-electron chi connectivity index (χ0n) is 11.8. The van der Waals surface area contributed by atoms with Gasteiger partial charge in [-0.1, -0.05) is 11.6 Å². The van der Waals surface area contributed by atoms with Gasteiger partial charge in [0, 0.05) is 6.54 Å². The molecule has 1 aromatic carbocycles. The Bertz CT molecular complexity index is 647. The third-order valence-corrected chi connectivity index (χ3v) is 5.66. The van der Waals surface area contributed by atoms with Crippen molar-refractivity contribution in [3.8, 4) is 6.07 Å². The van der Waals surface area contributed by atoms with Crippen LogP contribution in [0.3, 0.4) is 0 Å². The Morgan fingerprint density at radius 3 is 2.71 bits per heavy atom. The number of sulfonamides is 1. The summed E-state index contributed by atoms with van der Waals surface area (Å²) < 4.78 is 27.2. The van der Waals surface area contributed by atoms with E-state index in [1.807, 2.05) is 6.07 Å². The van der Waals surface area contributed by atoms with E-state index in [1.165, 1.54) is 18.2 Å². The molecule has 1 fully saturated rings. The summed E-state index contributed by atoms with van der Waals surface area (Å²) >= 11 is 5.94. The zero-order chi connectivity index (χ0) is 15.5. The highest BCUT2D eigenvalue weighted by Crippen LogP contribution is 2.23. The van der Waals surface area contributed by atoms with Crippen molar-refractivity contribution < 1.29 is 8.42 Å². The highest BCUT2D eigenvalue weighted by atomic mass is 35.5. The summed E-state index contributed by atoms with van der Waals surface area (Å²) in [4.78, 5) is 2.20. The number of likely N-dealkylation sites (tertiary alicyclic amines) is 1. The van der Waals surface area contributed by atoms with Gasteiger partial charge in [-0.15, -0.1) is 0 Å². The molecule has 7 heteroatoms. The molecule has 0 saturated carbocycles. The van der Waals surface area contributed by atoms with Gasteiger partial charge in [-0.2, -0.15) is 5.26 Å². The maximum Gasteiger partial charge on any atom is 0.242 e. The normalized spacial score (nSPS) is 17.6. The summed E-state index contributed by atoms with van der Waals surface area (Å²) in [5.74, 6) is 0.342. The van der Waals surface area contributed by atoms with E-state index in [1.54, 1.807) is 0 Å². The van der Waals surface area contributed by atoms with Crippen LogP contribution in [0.4, 0.5) is 0 Å². The van der Waals surface area contributed by atoms with Crippen molar-refractivity contribution in [3.63, 3.8) is 0 Å². The molecule has 1 aliphatic heterocycles. The standard InChI is InChI=1S/C14H18ClN3O2S/c1-18-6-4-11(5-7-18)10-17-21(19,20)14-8-12(9-16)2-3-13(14)15/h2-3,8,11,17H,4-7,10H2,1H3. The fraction of sp³-hybridized carbons (Fsp3) is 0.500. The van der Waals surface area contributed by atoms with E-state index in [0.717, 1.165) is 25.9 Å². The summed E-state index contributed by atoms with van der Waals surface area (Å²) in [7, 11) is -1.62. The molecule has 0 amide bonds. The first-order chi connectivity index (χ1) is 9.92. The number of hydrogen-bond acceptors (Lipinski definition) is 4. The first-order valence-electron chi connectivity index (χ1n) is 6.80. The molecule has 1 aromatic rings.